The van der Waals surface area contributed by atoms with Crippen molar-refractivity contribution in [2.45, 2.75) is 26.7 Å². The van der Waals surface area contributed by atoms with Crippen LogP contribution in [0.5, 0.6) is 5.75 Å². The Hall–Kier alpha value is -4.37. The Balaban J connectivity index is 1.44. The van der Waals surface area contributed by atoms with E-state index in [1.165, 1.54) is 5.57 Å². The molecule has 2 aromatic heterocycles. The summed E-state index contributed by atoms with van der Waals surface area (Å²) in [5.74, 6) is 1.31. The van der Waals surface area contributed by atoms with Crippen LogP contribution >= 0.6 is 0 Å². The van der Waals surface area contributed by atoms with Crippen LogP contribution in [0.25, 0.3) is 16.6 Å². The number of amides is 1. The van der Waals surface area contributed by atoms with E-state index in [2.05, 4.69) is 50.6 Å². The minimum Gasteiger partial charge on any atom is -0.493 e. The van der Waals surface area contributed by atoms with Gasteiger partial charge in [-0.3, -0.25) is 20.0 Å². The number of nitrogens with one attached hydrogen (secondary N) is 4. The third-order valence-electron chi connectivity index (χ3n) is 6.76. The lowest BCUT2D eigenvalue weighted by atomic mass is 10.00. The van der Waals surface area contributed by atoms with E-state index in [1.807, 2.05) is 37.4 Å². The molecule has 2 aromatic carbocycles. The van der Waals surface area contributed by atoms with E-state index in [0.29, 0.717) is 23.0 Å². The fourth-order valence-electron chi connectivity index (χ4n) is 4.89. The number of fused-ring (bicyclic) bond motifs is 1. The lowest BCUT2D eigenvalue weighted by molar-refractivity contribution is -0.333. The van der Waals surface area contributed by atoms with Crippen LogP contribution < -0.4 is 26.1 Å². The van der Waals surface area contributed by atoms with Crippen LogP contribution in [0.4, 0.5) is 23.1 Å². The lowest BCUT2D eigenvalue weighted by Crippen LogP contribution is -2.30. The standard InChI is InChI=1S/C29H33N7O2/c1-4-13-36-14-5-6-20(17-36)19-8-10-24(25(16-19)38-3)33-29-34-27-21(11-12-31-27)28(35-29)32-23-9-7-18(2)15-22(23)26(30)37/h6-12,15-16H,4-5,13-14,17H2,1-3H3,(H2,30,37)(H3,31,32,33,34,35)/p+1. The van der Waals surface area contributed by atoms with Gasteiger partial charge in [-0.2, -0.15) is 0 Å². The number of ether oxygens (including phenoxy) is 1. The topological polar surface area (TPSA) is 122 Å². The maximum absolute atomic E-state index is 12.1. The van der Waals surface area contributed by atoms with Crippen molar-refractivity contribution in [3.8, 4) is 5.75 Å². The van der Waals surface area contributed by atoms with Gasteiger partial charge in [0.25, 0.3) is 5.91 Å². The summed E-state index contributed by atoms with van der Waals surface area (Å²) in [6.07, 6.45) is 6.36. The molecule has 196 valence electrons. The van der Waals surface area contributed by atoms with E-state index in [0.717, 1.165) is 66.1 Å². The molecule has 1 aliphatic heterocycles. The molecule has 0 fully saturated rings. The molecule has 38 heavy (non-hydrogen) atoms. The maximum atomic E-state index is 12.1. The van der Waals surface area contributed by atoms with Crippen LogP contribution in [-0.2, 0) is 0 Å². The molecule has 0 bridgehead atoms. The summed E-state index contributed by atoms with van der Waals surface area (Å²) in [7, 11) is 1.67. The molecular formula is C29H34N7O2+. The first-order valence-corrected chi connectivity index (χ1v) is 12.9. The number of hydrogen-bond acceptors (Lipinski definition) is 6. The van der Waals surface area contributed by atoms with Crippen molar-refractivity contribution < 1.29 is 14.5 Å². The zero-order valence-corrected chi connectivity index (χ0v) is 22.0. The number of aromatic nitrogens is 3. The van der Waals surface area contributed by atoms with E-state index in [-0.39, 0.29) is 0 Å². The second-order valence-electron chi connectivity index (χ2n) is 9.57. The maximum Gasteiger partial charge on any atom is 0.351 e. The van der Waals surface area contributed by atoms with Crippen molar-refractivity contribution in [1.82, 2.24) is 14.9 Å². The molecule has 3 heterocycles. The second kappa shape index (κ2) is 10.9. The number of aromatic amines is 2. The number of aryl methyl sites for hydroxylation is 1. The van der Waals surface area contributed by atoms with E-state index < -0.39 is 5.91 Å². The van der Waals surface area contributed by atoms with Gasteiger partial charge in [0.05, 0.1) is 23.7 Å². The van der Waals surface area contributed by atoms with Gasteiger partial charge in [-0.25, -0.2) is 4.98 Å². The zero-order chi connectivity index (χ0) is 26.6. The quantitative estimate of drug-likeness (QED) is 0.256. The lowest BCUT2D eigenvalue weighted by Gasteiger charge is -2.27. The summed E-state index contributed by atoms with van der Waals surface area (Å²) in [5.41, 5.74) is 11.6. The molecule has 0 radical (unpaired) electrons. The molecule has 0 spiro atoms. The van der Waals surface area contributed by atoms with Crippen LogP contribution in [0.15, 0.2) is 54.7 Å². The number of nitrogens with two attached hydrogens (primary N) is 1. The molecule has 1 amide bonds. The number of carbonyl (C=O) groups is 1. The Kier molecular flexibility index (Phi) is 7.28. The summed E-state index contributed by atoms with van der Waals surface area (Å²) in [5, 5.41) is 7.50. The van der Waals surface area contributed by atoms with Gasteiger partial charge in [0.15, 0.2) is 5.75 Å². The number of methoxy groups -OCH3 is 1. The van der Waals surface area contributed by atoms with E-state index in [9.17, 15) is 4.79 Å². The first-order valence-electron chi connectivity index (χ1n) is 12.9. The predicted molar refractivity (Wildman–Crippen MR) is 151 cm³/mol. The molecule has 6 N–H and O–H groups in total. The van der Waals surface area contributed by atoms with Crippen LogP contribution in [0.1, 0.15) is 41.3 Å². The van der Waals surface area contributed by atoms with Crippen LogP contribution in [-0.4, -0.2) is 47.5 Å². The van der Waals surface area contributed by atoms with Crippen molar-refractivity contribution in [2.75, 3.05) is 37.4 Å². The van der Waals surface area contributed by atoms with Gasteiger partial charge in [-0.05, 0) is 67.8 Å². The van der Waals surface area contributed by atoms with Gasteiger partial charge < -0.3 is 15.8 Å². The average molecular weight is 513 g/mol. The Morgan fingerprint density at radius 2 is 2.03 bits per heavy atom. The molecular weight excluding hydrogens is 478 g/mol. The van der Waals surface area contributed by atoms with Gasteiger partial charge in [-0.1, -0.05) is 35.7 Å². The zero-order valence-electron chi connectivity index (χ0n) is 22.0. The first-order chi connectivity index (χ1) is 18.4. The highest BCUT2D eigenvalue weighted by Gasteiger charge is 2.20. The fraction of sp³-hybridized carbons (Fsp3) is 0.276. The van der Waals surface area contributed by atoms with Gasteiger partial charge in [0.2, 0.25) is 11.5 Å². The Morgan fingerprint density at radius 3 is 2.82 bits per heavy atom. The number of anilines is 4. The number of hydrogen-bond donors (Lipinski definition) is 4. The predicted octanol–water partition coefficient (Wildman–Crippen LogP) is 4.78. The molecule has 0 atom stereocenters. The Bertz CT molecular complexity index is 1510. The van der Waals surface area contributed by atoms with Crippen LogP contribution in [0.3, 0.4) is 0 Å². The van der Waals surface area contributed by atoms with Crippen molar-refractivity contribution in [1.29, 1.82) is 0 Å². The molecule has 4 aromatic rings. The monoisotopic (exact) mass is 512 g/mol. The highest BCUT2D eigenvalue weighted by Crippen LogP contribution is 2.32. The molecule has 9 nitrogen and oxygen atoms in total. The van der Waals surface area contributed by atoms with E-state index >= 15 is 0 Å². The SMILES string of the molecule is CCCN1CCC=C(c2ccc(Nc3nc(Nc4ccc(C)cc4C(N)=O)c4cc[nH]c4[nH+]3)c(OC)c2)C1. The highest BCUT2D eigenvalue weighted by atomic mass is 16.5. The van der Waals surface area contributed by atoms with E-state index in [4.69, 9.17) is 15.5 Å². The molecule has 9 heteroatoms. The summed E-state index contributed by atoms with van der Waals surface area (Å²) in [6, 6.07) is 13.6. The molecule has 0 unspecified atom stereocenters. The second-order valence-corrected chi connectivity index (χ2v) is 9.57. The smallest absolute Gasteiger partial charge is 0.351 e. The Morgan fingerprint density at radius 1 is 1.18 bits per heavy atom. The van der Waals surface area contributed by atoms with Gasteiger partial charge >= 0.3 is 5.95 Å². The largest absolute Gasteiger partial charge is 0.493 e. The van der Waals surface area contributed by atoms with Crippen LogP contribution in [0.2, 0.25) is 0 Å². The summed E-state index contributed by atoms with van der Waals surface area (Å²) >= 11 is 0. The summed E-state index contributed by atoms with van der Waals surface area (Å²) in [6.45, 7) is 7.30. The fourth-order valence-corrected chi connectivity index (χ4v) is 4.89. The molecule has 0 aliphatic carbocycles. The molecule has 1 aliphatic rings. The minimum atomic E-state index is -0.502. The molecule has 0 saturated carbocycles. The number of H-pyrrole nitrogens is 2. The van der Waals surface area contributed by atoms with Crippen molar-refractivity contribution in [3.05, 3.63) is 71.4 Å². The number of benzene rings is 2. The highest BCUT2D eigenvalue weighted by molar-refractivity contribution is 6.00. The number of nitrogens with zero attached hydrogens (tertiary/aromatic N) is 2. The first kappa shape index (κ1) is 25.3. The van der Waals surface area contributed by atoms with Gasteiger partial charge in [0.1, 0.15) is 5.69 Å². The third kappa shape index (κ3) is 5.33. The molecule has 5 rings (SSSR count). The minimum absolute atomic E-state index is 0.407. The summed E-state index contributed by atoms with van der Waals surface area (Å²) < 4.78 is 5.76. The normalized spacial score (nSPS) is 13.8. The number of rotatable bonds is 9. The van der Waals surface area contributed by atoms with Crippen molar-refractivity contribution >= 4 is 45.7 Å². The van der Waals surface area contributed by atoms with Gasteiger partial charge in [0, 0.05) is 19.3 Å². The number of primary amides is 1. The third-order valence-corrected chi connectivity index (χ3v) is 6.76. The van der Waals surface area contributed by atoms with Crippen molar-refractivity contribution in [3.63, 3.8) is 0 Å². The average Bonchev–Trinajstić information content (AvgIpc) is 3.39. The van der Waals surface area contributed by atoms with Crippen molar-refractivity contribution in [2.24, 2.45) is 5.73 Å². The number of carbonyl (C=O) groups excluding carboxylic acids is 1. The van der Waals surface area contributed by atoms with E-state index in [1.54, 1.807) is 13.2 Å². The Labute approximate surface area is 222 Å². The molecule has 0 saturated heterocycles. The van der Waals surface area contributed by atoms with Crippen LogP contribution in [0, 0.1) is 6.92 Å². The summed E-state index contributed by atoms with van der Waals surface area (Å²) in [4.78, 5) is 25.8. The van der Waals surface area contributed by atoms with Gasteiger partial charge in [-0.15, -0.1) is 0 Å².